The molecule has 0 saturated heterocycles. The number of benzene rings is 2. The van der Waals surface area contributed by atoms with E-state index in [1.54, 1.807) is 48.6 Å². The van der Waals surface area contributed by atoms with Crippen molar-refractivity contribution in [2.75, 3.05) is 0 Å². The van der Waals surface area contributed by atoms with Crippen LogP contribution in [0.1, 0.15) is 17.2 Å². The second-order valence-electron chi connectivity index (χ2n) is 5.21. The van der Waals surface area contributed by atoms with Crippen molar-refractivity contribution in [3.05, 3.63) is 88.7 Å². The van der Waals surface area contributed by atoms with Gasteiger partial charge in [-0.2, -0.15) is 4.72 Å². The highest BCUT2D eigenvalue weighted by Crippen LogP contribution is 2.24. The van der Waals surface area contributed by atoms with Crippen LogP contribution >= 0.6 is 15.9 Å². The summed E-state index contributed by atoms with van der Waals surface area (Å²) in [5.74, 6) is -0.411. The van der Waals surface area contributed by atoms with E-state index in [4.69, 9.17) is 0 Å². The minimum atomic E-state index is -3.72. The quantitative estimate of drug-likeness (QED) is 0.705. The van der Waals surface area contributed by atoms with Gasteiger partial charge in [0.15, 0.2) is 0 Å². The lowest BCUT2D eigenvalue weighted by atomic mass is 10.1. The van der Waals surface area contributed by atoms with Crippen LogP contribution in [-0.2, 0) is 10.0 Å². The summed E-state index contributed by atoms with van der Waals surface area (Å²) in [5, 5.41) is 0. The lowest BCUT2D eigenvalue weighted by Crippen LogP contribution is -2.27. The van der Waals surface area contributed by atoms with Crippen LogP contribution in [-0.4, -0.2) is 8.42 Å². The highest BCUT2D eigenvalue weighted by molar-refractivity contribution is 9.10. The molecule has 0 bridgehead atoms. The molecular weight excluding hydrogens is 393 g/mol. The van der Waals surface area contributed by atoms with Crippen LogP contribution in [0.2, 0.25) is 0 Å². The average molecular weight is 410 g/mol. The number of hydrogen-bond acceptors (Lipinski definition) is 2. The second kappa shape index (κ2) is 7.88. The minimum absolute atomic E-state index is 0.172. The number of nitrogens with one attached hydrogen (secondary N) is 1. The topological polar surface area (TPSA) is 46.2 Å². The van der Waals surface area contributed by atoms with Crippen LogP contribution in [0.3, 0.4) is 0 Å². The number of halogens is 2. The molecule has 0 fully saturated rings. The molecule has 2 rings (SSSR count). The van der Waals surface area contributed by atoms with Crippen molar-refractivity contribution >= 4 is 26.0 Å². The first kappa shape index (κ1) is 18.6. The fourth-order valence-corrected chi connectivity index (χ4v) is 3.64. The Kier molecular flexibility index (Phi) is 6.10. The van der Waals surface area contributed by atoms with Gasteiger partial charge in [0.1, 0.15) is 5.82 Å². The zero-order chi connectivity index (χ0) is 17.7. The van der Waals surface area contributed by atoms with Gasteiger partial charge >= 0.3 is 0 Å². The van der Waals surface area contributed by atoms with Gasteiger partial charge in [-0.05, 0) is 52.7 Å². The monoisotopic (exact) mass is 409 g/mol. The van der Waals surface area contributed by atoms with Crippen LogP contribution in [0.25, 0.3) is 0 Å². The maximum Gasteiger partial charge on any atom is 0.241 e. The van der Waals surface area contributed by atoms with Crippen molar-refractivity contribution in [1.82, 2.24) is 4.72 Å². The van der Waals surface area contributed by atoms with Gasteiger partial charge in [-0.25, -0.2) is 12.8 Å². The molecule has 0 heterocycles. The summed E-state index contributed by atoms with van der Waals surface area (Å²) < 4.78 is 41.5. The van der Waals surface area contributed by atoms with Gasteiger partial charge in [-0.3, -0.25) is 0 Å². The van der Waals surface area contributed by atoms with E-state index < -0.39 is 21.9 Å². The summed E-state index contributed by atoms with van der Waals surface area (Å²) >= 11 is 3.12. The largest absolute Gasteiger partial charge is 0.241 e. The Bertz CT molecular complexity index is 861. The summed E-state index contributed by atoms with van der Waals surface area (Å²) in [6.07, 6.45) is 4.84. The van der Waals surface area contributed by atoms with E-state index in [-0.39, 0.29) is 9.37 Å². The van der Waals surface area contributed by atoms with Gasteiger partial charge in [-0.1, -0.05) is 48.6 Å². The molecular formula is C18H17BrFNO2S. The molecule has 2 aromatic carbocycles. The highest BCUT2D eigenvalue weighted by Gasteiger charge is 2.20. The summed E-state index contributed by atoms with van der Waals surface area (Å²) in [7, 11) is -3.72. The van der Waals surface area contributed by atoms with Crippen molar-refractivity contribution in [3.8, 4) is 0 Å². The molecule has 1 atom stereocenters. The van der Waals surface area contributed by atoms with Gasteiger partial charge < -0.3 is 0 Å². The van der Waals surface area contributed by atoms with Gasteiger partial charge in [0, 0.05) is 0 Å². The van der Waals surface area contributed by atoms with Gasteiger partial charge in [-0.15, -0.1) is 0 Å². The fourth-order valence-electron chi connectivity index (χ4n) is 2.07. The first-order chi connectivity index (χ1) is 11.3. The van der Waals surface area contributed by atoms with Crippen molar-refractivity contribution in [1.29, 1.82) is 0 Å². The molecule has 0 radical (unpaired) electrons. The van der Waals surface area contributed by atoms with Gasteiger partial charge in [0.05, 0.1) is 15.4 Å². The van der Waals surface area contributed by atoms with Crippen molar-refractivity contribution in [2.45, 2.75) is 17.9 Å². The lowest BCUT2D eigenvalue weighted by molar-refractivity contribution is 0.574. The third kappa shape index (κ3) is 4.63. The Balaban J connectivity index is 2.37. The molecule has 24 heavy (non-hydrogen) atoms. The minimum Gasteiger partial charge on any atom is -0.207 e. The first-order valence-corrected chi connectivity index (χ1v) is 9.44. The fraction of sp³-hybridized carbons (Fsp3) is 0.111. The molecule has 0 amide bonds. The van der Waals surface area contributed by atoms with E-state index in [0.717, 1.165) is 5.56 Å². The SMILES string of the molecule is C=C/C=C\[C@H](NS(=O)(=O)c1ccc(C)cc1)c1ccc(F)c(Br)c1. The number of sulfonamides is 1. The molecule has 126 valence electrons. The molecule has 3 nitrogen and oxygen atoms in total. The third-order valence-electron chi connectivity index (χ3n) is 3.36. The average Bonchev–Trinajstić information content (AvgIpc) is 2.54. The van der Waals surface area contributed by atoms with Crippen LogP contribution < -0.4 is 4.72 Å². The summed E-state index contributed by atoms with van der Waals surface area (Å²) in [4.78, 5) is 0.172. The van der Waals surface area contributed by atoms with Gasteiger partial charge in [0.2, 0.25) is 10.0 Å². The first-order valence-electron chi connectivity index (χ1n) is 7.16. The standard InChI is InChI=1S/C18H17BrFNO2S/c1-3-4-5-18(14-8-11-17(20)16(19)12-14)21-24(22,23)15-9-6-13(2)7-10-15/h3-12,18,21H,1H2,2H3/b5-4-/t18-/m0/s1. The molecule has 2 aromatic rings. The predicted octanol–water partition coefficient (Wildman–Crippen LogP) is 4.66. The normalized spacial score (nSPS) is 13.1. The molecule has 0 aliphatic heterocycles. The van der Waals surface area contributed by atoms with E-state index >= 15 is 0 Å². The van der Waals surface area contributed by atoms with E-state index in [2.05, 4.69) is 27.2 Å². The highest BCUT2D eigenvalue weighted by atomic mass is 79.9. The smallest absolute Gasteiger partial charge is 0.207 e. The molecule has 0 saturated carbocycles. The van der Waals surface area contributed by atoms with Crippen molar-refractivity contribution in [2.24, 2.45) is 0 Å². The number of hydrogen-bond donors (Lipinski definition) is 1. The van der Waals surface area contributed by atoms with E-state index in [9.17, 15) is 12.8 Å². The van der Waals surface area contributed by atoms with Crippen LogP contribution in [0.15, 0.2) is 76.6 Å². The Morgan fingerprint density at radius 1 is 1.21 bits per heavy atom. The molecule has 0 aliphatic carbocycles. The Morgan fingerprint density at radius 3 is 2.46 bits per heavy atom. The number of allylic oxidation sites excluding steroid dienone is 2. The molecule has 1 N–H and O–H groups in total. The Hall–Kier alpha value is -1.76. The van der Waals surface area contributed by atoms with Gasteiger partial charge in [0.25, 0.3) is 0 Å². The van der Waals surface area contributed by atoms with Crippen LogP contribution in [0.4, 0.5) is 4.39 Å². The zero-order valence-corrected chi connectivity index (χ0v) is 15.4. The van der Waals surface area contributed by atoms with Crippen LogP contribution in [0.5, 0.6) is 0 Å². The molecule has 0 aromatic heterocycles. The number of rotatable bonds is 6. The molecule has 0 unspecified atom stereocenters. The predicted molar refractivity (Wildman–Crippen MR) is 97.7 cm³/mol. The number of aryl methyl sites for hydroxylation is 1. The maximum atomic E-state index is 13.4. The van der Waals surface area contributed by atoms with Crippen LogP contribution in [0, 0.1) is 12.7 Å². The van der Waals surface area contributed by atoms with E-state index in [0.29, 0.717) is 5.56 Å². The molecule has 0 aliphatic rings. The summed E-state index contributed by atoms with van der Waals surface area (Å²) in [5.41, 5.74) is 1.58. The third-order valence-corrected chi connectivity index (χ3v) is 5.42. The molecule has 6 heteroatoms. The summed E-state index contributed by atoms with van der Waals surface area (Å²) in [6, 6.07) is 10.3. The second-order valence-corrected chi connectivity index (χ2v) is 7.77. The molecule has 0 spiro atoms. The lowest BCUT2D eigenvalue weighted by Gasteiger charge is -2.16. The van der Waals surface area contributed by atoms with E-state index in [1.165, 1.54) is 12.1 Å². The summed E-state index contributed by atoms with van der Waals surface area (Å²) in [6.45, 7) is 5.47. The Morgan fingerprint density at radius 2 is 1.88 bits per heavy atom. The maximum absolute atomic E-state index is 13.4. The Labute approximate surface area is 150 Å². The zero-order valence-electron chi connectivity index (χ0n) is 13.0. The van der Waals surface area contributed by atoms with Crippen molar-refractivity contribution < 1.29 is 12.8 Å². The van der Waals surface area contributed by atoms with Crippen molar-refractivity contribution in [3.63, 3.8) is 0 Å². The van der Waals surface area contributed by atoms with E-state index in [1.807, 2.05) is 6.92 Å².